The number of rotatable bonds is 4. The smallest absolute Gasteiger partial charge is 0.257 e. The number of carbonyl (C=O) groups is 1. The summed E-state index contributed by atoms with van der Waals surface area (Å²) in [5.74, 6) is 0.0258. The second-order valence-corrected chi connectivity index (χ2v) is 8.71. The predicted molar refractivity (Wildman–Crippen MR) is 131 cm³/mol. The average molecular weight is 487 g/mol. The minimum absolute atomic E-state index is 0.0258. The third kappa shape index (κ3) is 4.18. The van der Waals surface area contributed by atoms with Crippen molar-refractivity contribution in [1.82, 2.24) is 14.7 Å². The predicted octanol–water partition coefficient (Wildman–Crippen LogP) is 5.26. The summed E-state index contributed by atoms with van der Waals surface area (Å²) in [6.45, 7) is 3.00. The Labute approximate surface area is 196 Å². The number of benzene rings is 3. The highest BCUT2D eigenvalue weighted by molar-refractivity contribution is 9.10. The van der Waals surface area contributed by atoms with Crippen LogP contribution in [0.25, 0.3) is 16.9 Å². The average Bonchev–Trinajstić information content (AvgIpc) is 3.31. The Morgan fingerprint density at radius 3 is 1.97 bits per heavy atom. The summed E-state index contributed by atoms with van der Waals surface area (Å²) in [7, 11) is 0. The highest BCUT2D eigenvalue weighted by Gasteiger charge is 2.26. The van der Waals surface area contributed by atoms with Crippen LogP contribution in [0.4, 0.5) is 5.69 Å². The highest BCUT2D eigenvalue weighted by atomic mass is 79.9. The molecule has 1 amide bonds. The molecule has 0 aliphatic carbocycles. The summed E-state index contributed by atoms with van der Waals surface area (Å²) >= 11 is 3.49. The number of para-hydroxylation sites is 2. The van der Waals surface area contributed by atoms with Crippen molar-refractivity contribution in [2.45, 2.75) is 0 Å². The molecule has 0 radical (unpaired) electrons. The zero-order valence-corrected chi connectivity index (χ0v) is 19.1. The molecule has 1 aliphatic rings. The van der Waals surface area contributed by atoms with E-state index in [1.54, 1.807) is 4.68 Å². The minimum atomic E-state index is 0.0258. The Hall–Kier alpha value is -3.38. The van der Waals surface area contributed by atoms with E-state index >= 15 is 0 Å². The molecule has 0 spiro atoms. The molecule has 3 aromatic carbocycles. The SMILES string of the molecule is O=C(c1cn(-c2ccccc2)nc1-c1ccc(Br)cc1)N1CCN(c2ccccc2)CC1. The molecule has 0 bridgehead atoms. The molecule has 160 valence electrons. The normalized spacial score (nSPS) is 13.9. The first-order valence-electron chi connectivity index (χ1n) is 10.7. The molecule has 6 heteroatoms. The molecule has 1 aliphatic heterocycles. The molecule has 0 atom stereocenters. The standard InChI is InChI=1S/C26H23BrN4O/c27-21-13-11-20(12-14-21)25-24(19-31(28-25)23-9-5-2-6-10-23)26(32)30-17-15-29(16-18-30)22-7-3-1-4-8-22/h1-14,19H,15-18H2. The summed E-state index contributed by atoms with van der Waals surface area (Å²) in [5.41, 5.74) is 4.39. The summed E-state index contributed by atoms with van der Waals surface area (Å²) in [4.78, 5) is 17.9. The second-order valence-electron chi connectivity index (χ2n) is 7.79. The molecular weight excluding hydrogens is 464 g/mol. The number of carbonyl (C=O) groups excluding carboxylic acids is 1. The van der Waals surface area contributed by atoms with Crippen LogP contribution in [0.5, 0.6) is 0 Å². The number of halogens is 1. The number of piperazine rings is 1. The lowest BCUT2D eigenvalue weighted by atomic mass is 10.1. The van der Waals surface area contributed by atoms with E-state index < -0.39 is 0 Å². The van der Waals surface area contributed by atoms with Gasteiger partial charge in [-0.15, -0.1) is 0 Å². The molecule has 4 aromatic rings. The van der Waals surface area contributed by atoms with Crippen molar-refractivity contribution in [3.8, 4) is 16.9 Å². The number of hydrogen-bond donors (Lipinski definition) is 0. The highest BCUT2D eigenvalue weighted by Crippen LogP contribution is 2.27. The van der Waals surface area contributed by atoms with E-state index in [0.29, 0.717) is 24.3 Å². The van der Waals surface area contributed by atoms with Crippen molar-refractivity contribution in [3.63, 3.8) is 0 Å². The second kappa shape index (κ2) is 9.01. The fourth-order valence-corrected chi connectivity index (χ4v) is 4.31. The Morgan fingerprint density at radius 2 is 1.34 bits per heavy atom. The largest absolute Gasteiger partial charge is 0.368 e. The van der Waals surface area contributed by atoms with Crippen LogP contribution < -0.4 is 4.90 Å². The Morgan fingerprint density at radius 1 is 0.750 bits per heavy atom. The van der Waals surface area contributed by atoms with Gasteiger partial charge < -0.3 is 9.80 Å². The van der Waals surface area contributed by atoms with Crippen LogP contribution >= 0.6 is 15.9 Å². The van der Waals surface area contributed by atoms with Crippen molar-refractivity contribution in [2.75, 3.05) is 31.1 Å². The maximum absolute atomic E-state index is 13.6. The Kier molecular flexibility index (Phi) is 5.77. The van der Waals surface area contributed by atoms with Crippen LogP contribution in [-0.2, 0) is 0 Å². The first-order valence-corrected chi connectivity index (χ1v) is 11.5. The zero-order chi connectivity index (χ0) is 21.9. The number of nitrogens with zero attached hydrogens (tertiary/aromatic N) is 4. The van der Waals surface area contributed by atoms with Gasteiger partial charge in [0.05, 0.1) is 11.3 Å². The lowest BCUT2D eigenvalue weighted by Crippen LogP contribution is -2.48. The topological polar surface area (TPSA) is 41.4 Å². The van der Waals surface area contributed by atoms with Crippen LogP contribution in [0.3, 0.4) is 0 Å². The monoisotopic (exact) mass is 486 g/mol. The van der Waals surface area contributed by atoms with Crippen molar-refractivity contribution < 1.29 is 4.79 Å². The summed E-state index contributed by atoms with van der Waals surface area (Å²) in [6, 6.07) is 28.2. The first-order chi connectivity index (χ1) is 15.7. The van der Waals surface area contributed by atoms with Crippen LogP contribution in [0.1, 0.15) is 10.4 Å². The molecule has 1 saturated heterocycles. The van der Waals surface area contributed by atoms with E-state index in [0.717, 1.165) is 28.8 Å². The van der Waals surface area contributed by atoms with Crippen molar-refractivity contribution in [1.29, 1.82) is 0 Å². The van der Waals surface area contributed by atoms with Gasteiger partial charge in [-0.2, -0.15) is 5.10 Å². The van der Waals surface area contributed by atoms with E-state index in [1.165, 1.54) is 5.69 Å². The lowest BCUT2D eigenvalue weighted by Gasteiger charge is -2.36. The molecular formula is C26H23BrN4O. The van der Waals surface area contributed by atoms with Gasteiger partial charge in [0.2, 0.25) is 0 Å². The number of anilines is 1. The van der Waals surface area contributed by atoms with Gasteiger partial charge in [0.15, 0.2) is 0 Å². The van der Waals surface area contributed by atoms with Gasteiger partial charge in [-0.25, -0.2) is 4.68 Å². The van der Waals surface area contributed by atoms with Crippen LogP contribution in [0.15, 0.2) is 95.6 Å². The number of amides is 1. The Balaban J connectivity index is 1.43. The first kappa shape index (κ1) is 20.5. The van der Waals surface area contributed by atoms with Gasteiger partial charge in [-0.3, -0.25) is 4.79 Å². The van der Waals surface area contributed by atoms with Gasteiger partial charge in [0.25, 0.3) is 5.91 Å². The van der Waals surface area contributed by atoms with E-state index in [9.17, 15) is 4.79 Å². The van der Waals surface area contributed by atoms with E-state index in [-0.39, 0.29) is 5.91 Å². The molecule has 1 aromatic heterocycles. The lowest BCUT2D eigenvalue weighted by molar-refractivity contribution is 0.0747. The summed E-state index contributed by atoms with van der Waals surface area (Å²) in [5, 5.41) is 4.80. The third-order valence-corrected chi connectivity index (χ3v) is 6.30. The molecule has 1 fully saturated rings. The van der Waals surface area contributed by atoms with Crippen LogP contribution in [0, 0.1) is 0 Å². The van der Waals surface area contributed by atoms with E-state index in [2.05, 4.69) is 45.1 Å². The fourth-order valence-electron chi connectivity index (χ4n) is 4.04. The molecule has 5 rings (SSSR count). The van der Waals surface area contributed by atoms with Crippen molar-refractivity contribution in [2.24, 2.45) is 0 Å². The van der Waals surface area contributed by atoms with Crippen molar-refractivity contribution in [3.05, 3.63) is 101 Å². The molecule has 5 nitrogen and oxygen atoms in total. The van der Waals surface area contributed by atoms with Gasteiger partial charge in [-0.1, -0.05) is 64.5 Å². The number of aromatic nitrogens is 2. The molecule has 0 N–H and O–H groups in total. The third-order valence-electron chi connectivity index (χ3n) is 5.77. The zero-order valence-electron chi connectivity index (χ0n) is 17.6. The summed E-state index contributed by atoms with van der Waals surface area (Å²) < 4.78 is 2.79. The van der Waals surface area contributed by atoms with Crippen LogP contribution in [-0.4, -0.2) is 46.8 Å². The van der Waals surface area contributed by atoms with Crippen molar-refractivity contribution >= 4 is 27.5 Å². The maximum Gasteiger partial charge on any atom is 0.257 e. The fraction of sp³-hybridized carbons (Fsp3) is 0.154. The molecule has 2 heterocycles. The van der Waals surface area contributed by atoms with Gasteiger partial charge in [-0.05, 0) is 36.4 Å². The van der Waals surface area contributed by atoms with Gasteiger partial charge in [0, 0.05) is 48.1 Å². The van der Waals surface area contributed by atoms with Crippen LogP contribution in [0.2, 0.25) is 0 Å². The molecule has 0 saturated carbocycles. The molecule has 32 heavy (non-hydrogen) atoms. The van der Waals surface area contributed by atoms with E-state index in [4.69, 9.17) is 5.10 Å². The molecule has 0 unspecified atom stereocenters. The summed E-state index contributed by atoms with van der Waals surface area (Å²) in [6.07, 6.45) is 1.86. The van der Waals surface area contributed by atoms with Gasteiger partial charge >= 0.3 is 0 Å². The minimum Gasteiger partial charge on any atom is -0.368 e. The maximum atomic E-state index is 13.6. The van der Waals surface area contributed by atoms with Gasteiger partial charge in [0.1, 0.15) is 5.69 Å². The van der Waals surface area contributed by atoms with E-state index in [1.807, 2.05) is 71.8 Å². The number of hydrogen-bond acceptors (Lipinski definition) is 3. The quantitative estimate of drug-likeness (QED) is 0.394. The Bertz CT molecular complexity index is 1200.